The highest BCUT2D eigenvalue weighted by atomic mass is 19.3. The molecule has 1 fully saturated rings. The zero-order valence-corrected chi connectivity index (χ0v) is 15.2. The van der Waals surface area contributed by atoms with E-state index >= 15 is 0 Å². The molecule has 0 aliphatic carbocycles. The fourth-order valence-electron chi connectivity index (χ4n) is 3.94. The molecule has 1 aromatic heterocycles. The lowest BCUT2D eigenvalue weighted by Crippen LogP contribution is -2.50. The molecule has 3 atom stereocenters. The minimum Gasteiger partial charge on any atom is -0.480 e. The first-order valence-electron chi connectivity index (χ1n) is 8.61. The maximum Gasteiger partial charge on any atom is 0.324 e. The number of carboxylic acids is 1. The third-order valence-electron chi connectivity index (χ3n) is 4.97. The van der Waals surface area contributed by atoms with E-state index in [1.54, 1.807) is 36.5 Å². The van der Waals surface area contributed by atoms with Gasteiger partial charge in [-0.05, 0) is 37.4 Å². The molecule has 1 aliphatic heterocycles. The predicted octanol–water partition coefficient (Wildman–Crippen LogP) is 2.33. The zero-order valence-electron chi connectivity index (χ0n) is 15.2. The van der Waals surface area contributed by atoms with Crippen molar-refractivity contribution in [3.8, 4) is 0 Å². The second-order valence-corrected chi connectivity index (χ2v) is 7.22. The van der Waals surface area contributed by atoms with Crippen LogP contribution in [-0.2, 0) is 9.59 Å². The lowest BCUT2D eigenvalue weighted by molar-refractivity contribution is -0.151. The van der Waals surface area contributed by atoms with Crippen molar-refractivity contribution >= 4 is 11.9 Å². The van der Waals surface area contributed by atoms with E-state index in [4.69, 9.17) is 0 Å². The molecule has 1 amide bonds. The number of hydrogen-bond donors (Lipinski definition) is 2. The molecule has 0 saturated carbocycles. The average molecular weight is 369 g/mol. The molecular formula is C18H25F2N3O3. The smallest absolute Gasteiger partial charge is 0.324 e. The van der Waals surface area contributed by atoms with Crippen molar-refractivity contribution in [2.24, 2.45) is 11.8 Å². The van der Waals surface area contributed by atoms with Gasteiger partial charge in [-0.15, -0.1) is 0 Å². The lowest BCUT2D eigenvalue weighted by atomic mass is 9.83. The number of carbonyl (C=O) groups is 2. The van der Waals surface area contributed by atoms with Crippen LogP contribution in [0.3, 0.4) is 0 Å². The Labute approximate surface area is 151 Å². The minimum absolute atomic E-state index is 0.0612. The lowest BCUT2D eigenvalue weighted by Gasteiger charge is -2.36. The number of carbonyl (C=O) groups excluding carboxylic acids is 1. The first-order valence-corrected chi connectivity index (χ1v) is 8.61. The molecule has 8 heteroatoms. The van der Waals surface area contributed by atoms with Gasteiger partial charge >= 0.3 is 5.97 Å². The second-order valence-electron chi connectivity index (χ2n) is 7.22. The number of alkyl halides is 2. The Morgan fingerprint density at radius 2 is 2.15 bits per heavy atom. The Hall–Kier alpha value is -2.09. The van der Waals surface area contributed by atoms with Crippen molar-refractivity contribution in [3.63, 3.8) is 0 Å². The number of aromatic nitrogens is 1. The average Bonchev–Trinajstić information content (AvgIpc) is 2.87. The van der Waals surface area contributed by atoms with Crippen LogP contribution in [-0.4, -0.2) is 52.4 Å². The summed E-state index contributed by atoms with van der Waals surface area (Å²) in [6.07, 6.45) is 0.930. The summed E-state index contributed by atoms with van der Waals surface area (Å²) in [7, 11) is 1.68. The number of rotatable bonds is 7. The Morgan fingerprint density at radius 1 is 1.46 bits per heavy atom. The highest BCUT2D eigenvalue weighted by molar-refractivity contribution is 5.85. The van der Waals surface area contributed by atoms with Gasteiger partial charge in [-0.3, -0.25) is 19.5 Å². The Bertz CT molecular complexity index is 642. The summed E-state index contributed by atoms with van der Waals surface area (Å²) < 4.78 is 25.0. The van der Waals surface area contributed by atoms with Crippen molar-refractivity contribution in [1.82, 2.24) is 15.2 Å². The molecule has 2 N–H and O–H groups in total. The van der Waals surface area contributed by atoms with Gasteiger partial charge in [-0.25, -0.2) is 8.78 Å². The molecule has 0 bridgehead atoms. The number of halogens is 2. The summed E-state index contributed by atoms with van der Waals surface area (Å²) in [5.41, 5.74) is -0.541. The summed E-state index contributed by atoms with van der Waals surface area (Å²) in [6, 6.07) is 2.94. The number of pyridine rings is 1. The molecule has 1 aliphatic rings. The van der Waals surface area contributed by atoms with E-state index in [0.717, 1.165) is 0 Å². The fourth-order valence-corrected chi connectivity index (χ4v) is 3.94. The maximum atomic E-state index is 12.6. The summed E-state index contributed by atoms with van der Waals surface area (Å²) in [5, 5.41) is 12.2. The molecule has 0 aromatic carbocycles. The van der Waals surface area contributed by atoms with E-state index in [-0.39, 0.29) is 12.3 Å². The quantitative estimate of drug-likeness (QED) is 0.771. The predicted molar refractivity (Wildman–Crippen MR) is 91.7 cm³/mol. The highest BCUT2D eigenvalue weighted by Crippen LogP contribution is 2.48. The molecular weight excluding hydrogens is 344 g/mol. The van der Waals surface area contributed by atoms with Crippen molar-refractivity contribution in [3.05, 3.63) is 30.1 Å². The summed E-state index contributed by atoms with van der Waals surface area (Å²) >= 11 is 0. The molecule has 0 unspecified atom stereocenters. The van der Waals surface area contributed by atoms with Gasteiger partial charge in [0.1, 0.15) is 5.54 Å². The maximum absolute atomic E-state index is 12.6. The van der Waals surface area contributed by atoms with Crippen molar-refractivity contribution in [2.45, 2.75) is 44.7 Å². The van der Waals surface area contributed by atoms with Crippen molar-refractivity contribution < 1.29 is 23.5 Å². The van der Waals surface area contributed by atoms with Crippen LogP contribution in [0.2, 0.25) is 0 Å². The van der Waals surface area contributed by atoms with Crippen LogP contribution < -0.4 is 5.32 Å². The van der Waals surface area contributed by atoms with Gasteiger partial charge in [0.2, 0.25) is 5.91 Å². The number of hydrogen-bond acceptors (Lipinski definition) is 4. The normalized spacial score (nSPS) is 26.4. The molecule has 1 saturated heterocycles. The summed E-state index contributed by atoms with van der Waals surface area (Å²) in [6.45, 7) is 3.09. The van der Waals surface area contributed by atoms with Crippen LogP contribution in [0, 0.1) is 11.8 Å². The molecule has 144 valence electrons. The Morgan fingerprint density at radius 3 is 2.65 bits per heavy atom. The van der Waals surface area contributed by atoms with Crippen LogP contribution in [0.4, 0.5) is 8.78 Å². The summed E-state index contributed by atoms with van der Waals surface area (Å²) in [4.78, 5) is 30.5. The second kappa shape index (κ2) is 8.07. The van der Waals surface area contributed by atoms with Gasteiger partial charge in [0, 0.05) is 18.4 Å². The number of carboxylic acid groups (broad SMARTS) is 1. The van der Waals surface area contributed by atoms with Gasteiger partial charge in [-0.1, -0.05) is 19.9 Å². The molecule has 26 heavy (non-hydrogen) atoms. The number of amides is 1. The first-order chi connectivity index (χ1) is 12.2. The molecule has 0 spiro atoms. The highest BCUT2D eigenvalue weighted by Gasteiger charge is 2.57. The SMILES string of the molecule is CC(C)C[C@@]1(C(=O)O)C[C@H](C(=O)NCC(F)F)[C@H](c2cccnc2)N1C. The molecule has 0 radical (unpaired) electrons. The molecule has 6 nitrogen and oxygen atoms in total. The fraction of sp³-hybridized carbons (Fsp3) is 0.611. The number of nitrogens with zero attached hydrogens (tertiary/aromatic N) is 2. The van der Waals surface area contributed by atoms with E-state index in [9.17, 15) is 23.5 Å². The minimum atomic E-state index is -2.66. The van der Waals surface area contributed by atoms with E-state index < -0.39 is 42.3 Å². The van der Waals surface area contributed by atoms with Gasteiger partial charge in [0.25, 0.3) is 6.43 Å². The first kappa shape index (κ1) is 20.2. The van der Waals surface area contributed by atoms with Gasteiger partial charge in [0.05, 0.1) is 12.5 Å². The van der Waals surface area contributed by atoms with Crippen LogP contribution in [0.15, 0.2) is 24.5 Å². The van der Waals surface area contributed by atoms with E-state index in [1.165, 1.54) is 0 Å². The number of aliphatic carboxylic acids is 1. The van der Waals surface area contributed by atoms with Gasteiger partial charge in [0.15, 0.2) is 0 Å². The topological polar surface area (TPSA) is 82.5 Å². The van der Waals surface area contributed by atoms with Crippen LogP contribution in [0.5, 0.6) is 0 Å². The third-order valence-corrected chi connectivity index (χ3v) is 4.97. The standard InChI is InChI=1S/C18H25F2N3O3/c1-11(2)7-18(17(25)26)8-13(16(24)22-10-14(19)20)15(23(18)3)12-5-4-6-21-9-12/h4-6,9,11,13-15H,7-8,10H2,1-3H3,(H,22,24)(H,25,26)/t13-,15-,18-/m0/s1. The largest absolute Gasteiger partial charge is 0.480 e. The Kier molecular flexibility index (Phi) is 6.28. The summed E-state index contributed by atoms with van der Waals surface area (Å²) in [5.74, 6) is -2.23. The van der Waals surface area contributed by atoms with Gasteiger partial charge < -0.3 is 10.4 Å². The zero-order chi connectivity index (χ0) is 19.5. The number of nitrogens with one attached hydrogen (secondary N) is 1. The molecule has 2 rings (SSSR count). The van der Waals surface area contributed by atoms with E-state index in [1.807, 2.05) is 13.8 Å². The van der Waals surface area contributed by atoms with Gasteiger partial charge in [-0.2, -0.15) is 0 Å². The Balaban J connectivity index is 2.42. The van der Waals surface area contributed by atoms with Crippen LogP contribution >= 0.6 is 0 Å². The van der Waals surface area contributed by atoms with E-state index in [2.05, 4.69) is 10.3 Å². The molecule has 2 heterocycles. The van der Waals surface area contributed by atoms with E-state index in [0.29, 0.717) is 12.0 Å². The molecule has 1 aromatic rings. The number of likely N-dealkylation sites (tertiary alicyclic amines) is 1. The monoisotopic (exact) mass is 369 g/mol. The van der Waals surface area contributed by atoms with Crippen LogP contribution in [0.1, 0.15) is 38.3 Å². The van der Waals surface area contributed by atoms with Crippen molar-refractivity contribution in [2.75, 3.05) is 13.6 Å². The van der Waals surface area contributed by atoms with Crippen LogP contribution in [0.25, 0.3) is 0 Å². The third kappa shape index (κ3) is 4.00. The van der Waals surface area contributed by atoms with Crippen molar-refractivity contribution in [1.29, 1.82) is 0 Å². The number of likely N-dealkylation sites (N-methyl/N-ethyl adjacent to an activating group) is 1.